The number of methoxy groups -OCH3 is 4. The van der Waals surface area contributed by atoms with Crippen LogP contribution in [0.4, 0.5) is 8.78 Å². The Balaban J connectivity index is 0.889. The van der Waals surface area contributed by atoms with Crippen molar-refractivity contribution in [2.75, 3.05) is 81.9 Å². The smallest absolute Gasteiger partial charge is 0.306 e. The van der Waals surface area contributed by atoms with Crippen molar-refractivity contribution in [3.05, 3.63) is 130 Å². The topological polar surface area (TPSA) is 89.5 Å². The van der Waals surface area contributed by atoms with Crippen molar-refractivity contribution in [2.45, 2.75) is 76.3 Å². The van der Waals surface area contributed by atoms with Crippen LogP contribution in [0.15, 0.2) is 84.9 Å². The number of allylic oxidation sites excluding steroid dienone is 2. The number of halogens is 2. The molecule has 0 aromatic heterocycles. The lowest BCUT2D eigenvalue weighted by Crippen LogP contribution is -2.50. The fourth-order valence-electron chi connectivity index (χ4n) is 9.75. The summed E-state index contributed by atoms with van der Waals surface area (Å²) in [7, 11) is 11.0. The summed E-state index contributed by atoms with van der Waals surface area (Å²) in [4.78, 5) is 25.2. The largest absolute Gasteiger partial charge is 0.493 e. The van der Waals surface area contributed by atoms with E-state index in [1.54, 1.807) is 52.7 Å². The highest BCUT2D eigenvalue weighted by Gasteiger charge is 2.38. The number of hydrogen-bond donors (Lipinski definition) is 0. The maximum absolute atomic E-state index is 14.1. The number of hydrogen-bond acceptors (Lipinski definition) is 8. The summed E-state index contributed by atoms with van der Waals surface area (Å²) in [5.74, 6) is 2.05. The molecule has 0 bridgehead atoms. The first-order valence-electron chi connectivity index (χ1n) is 22.4. The van der Waals surface area contributed by atoms with E-state index in [2.05, 4.69) is 38.4 Å². The van der Waals surface area contributed by atoms with E-state index in [1.807, 2.05) is 24.3 Å². The van der Waals surface area contributed by atoms with Gasteiger partial charge < -0.3 is 37.4 Å². The summed E-state index contributed by atoms with van der Waals surface area (Å²) in [6.45, 7) is 5.59. The van der Waals surface area contributed by atoms with Crippen LogP contribution in [-0.4, -0.2) is 103 Å². The second-order valence-corrected chi connectivity index (χ2v) is 17.9. The van der Waals surface area contributed by atoms with Crippen LogP contribution in [0.3, 0.4) is 0 Å². The number of quaternary nitrogens is 2. The molecule has 0 unspecified atom stereocenters. The minimum absolute atomic E-state index is 0.145. The minimum Gasteiger partial charge on any atom is -0.493 e. The van der Waals surface area contributed by atoms with Gasteiger partial charge in [-0.25, -0.2) is 8.78 Å². The van der Waals surface area contributed by atoms with Gasteiger partial charge in [0.15, 0.2) is 23.0 Å². The molecular weight excluding hydrogens is 819 g/mol. The molecule has 2 heterocycles. The molecule has 0 N–H and O–H groups in total. The fraction of sp³-hybridized carbons (Fsp3) is 0.462. The third-order valence-electron chi connectivity index (χ3n) is 12.7. The van der Waals surface area contributed by atoms with E-state index in [9.17, 15) is 18.4 Å². The van der Waals surface area contributed by atoms with Gasteiger partial charge >= 0.3 is 11.9 Å². The molecule has 0 saturated heterocycles. The van der Waals surface area contributed by atoms with Gasteiger partial charge in [-0.15, -0.1) is 0 Å². The average Bonchev–Trinajstić information content (AvgIpc) is 3.27. The van der Waals surface area contributed by atoms with Crippen molar-refractivity contribution in [3.63, 3.8) is 0 Å². The Bertz CT molecular complexity index is 2090. The quantitative estimate of drug-likeness (QED) is 0.0334. The Labute approximate surface area is 377 Å². The van der Waals surface area contributed by atoms with Gasteiger partial charge in [-0.3, -0.25) is 9.59 Å². The molecule has 0 aliphatic carbocycles. The zero-order valence-corrected chi connectivity index (χ0v) is 38.5. The SMILES string of the molecule is COc1cc2c(cc1OC)[C@H](Cc1cccc(F)c1)C[N@+](C)(CCCOC(=O)CC/C=C/CCC(=O)OCCC[N@@+]1(C)Cc3cc(OC)c(OC)cc3[C@@H](Cc3cccc(F)c3)C1)C2. The Morgan fingerprint density at radius 1 is 0.594 bits per heavy atom. The predicted molar refractivity (Wildman–Crippen MR) is 243 cm³/mol. The lowest BCUT2D eigenvalue weighted by atomic mass is 9.83. The van der Waals surface area contributed by atoms with Crippen LogP contribution >= 0.6 is 0 Å². The molecule has 10 nitrogen and oxygen atoms in total. The van der Waals surface area contributed by atoms with Gasteiger partial charge in [0.25, 0.3) is 0 Å². The summed E-state index contributed by atoms with van der Waals surface area (Å²) < 4.78 is 63.5. The molecule has 0 spiro atoms. The highest BCUT2D eigenvalue weighted by atomic mass is 19.1. The standard InChI is InChI=1S/C52H66F2N2O8/c1-55(33-39(25-37-15-11-17-43(53)27-37)45-31-49(61-5)47(59-3)29-41(45)35-55)21-13-23-63-51(57)19-9-7-8-10-20-52(58)64-24-14-22-56(2)34-40(26-38-16-12-18-44(54)28-38)46-32-50(62-6)48(60-4)30-42(46)36-56/h7-8,11-12,15-18,27-32,39-40H,9-10,13-14,19-26,33-36H2,1-6H3/q+2/b8-7+/t39-,40+,55+,56-. The molecule has 6 rings (SSSR count). The second kappa shape index (κ2) is 22.4. The highest BCUT2D eigenvalue weighted by molar-refractivity contribution is 5.70. The first kappa shape index (κ1) is 48.0. The summed E-state index contributed by atoms with van der Waals surface area (Å²) in [5.41, 5.74) is 6.64. The van der Waals surface area contributed by atoms with Gasteiger partial charge in [-0.1, -0.05) is 36.4 Å². The van der Waals surface area contributed by atoms with Crippen LogP contribution in [0.1, 0.15) is 83.7 Å². The molecule has 0 amide bonds. The average molecular weight is 885 g/mol. The van der Waals surface area contributed by atoms with Crippen molar-refractivity contribution < 1.29 is 55.8 Å². The first-order chi connectivity index (χ1) is 30.8. The van der Waals surface area contributed by atoms with Crippen LogP contribution in [0, 0.1) is 11.6 Å². The molecule has 4 aromatic carbocycles. The molecule has 0 saturated carbocycles. The molecule has 4 aromatic rings. The molecule has 64 heavy (non-hydrogen) atoms. The molecule has 344 valence electrons. The normalized spacial score (nSPS) is 20.2. The summed E-state index contributed by atoms with van der Waals surface area (Å²) in [6.07, 6.45) is 8.25. The van der Waals surface area contributed by atoms with E-state index in [0.29, 0.717) is 74.7 Å². The number of esters is 2. The van der Waals surface area contributed by atoms with Gasteiger partial charge in [-0.2, -0.15) is 0 Å². The molecule has 12 heteroatoms. The third kappa shape index (κ3) is 13.1. The number of ether oxygens (including phenoxy) is 6. The number of nitrogens with zero attached hydrogens (tertiary/aromatic N) is 2. The number of benzene rings is 4. The lowest BCUT2D eigenvalue weighted by molar-refractivity contribution is -0.926. The van der Waals surface area contributed by atoms with Gasteiger partial charge in [0.05, 0.1) is 81.9 Å². The van der Waals surface area contributed by atoms with Crippen molar-refractivity contribution >= 4 is 11.9 Å². The lowest BCUT2D eigenvalue weighted by Gasteiger charge is -2.43. The van der Waals surface area contributed by atoms with Crippen LogP contribution in [0.2, 0.25) is 0 Å². The maximum atomic E-state index is 14.1. The Morgan fingerprint density at radius 2 is 0.984 bits per heavy atom. The van der Waals surface area contributed by atoms with E-state index >= 15 is 0 Å². The molecular formula is C52H66F2N2O8+2. The molecule has 0 radical (unpaired) electrons. The molecule has 2 aliphatic rings. The number of fused-ring (bicyclic) bond motifs is 2. The molecule has 0 fully saturated rings. The van der Waals surface area contributed by atoms with Crippen molar-refractivity contribution in [3.8, 4) is 23.0 Å². The monoisotopic (exact) mass is 884 g/mol. The Hall–Kier alpha value is -5.46. The van der Waals surface area contributed by atoms with Gasteiger partial charge in [0.2, 0.25) is 0 Å². The fourth-order valence-corrected chi connectivity index (χ4v) is 9.75. The third-order valence-corrected chi connectivity index (χ3v) is 12.7. The summed E-state index contributed by atoms with van der Waals surface area (Å²) in [6, 6.07) is 21.8. The number of rotatable bonds is 22. The number of carbonyl (C=O) groups is 2. The van der Waals surface area contributed by atoms with E-state index in [0.717, 1.165) is 59.4 Å². The van der Waals surface area contributed by atoms with Crippen molar-refractivity contribution in [2.24, 2.45) is 0 Å². The van der Waals surface area contributed by atoms with E-state index < -0.39 is 0 Å². The van der Waals surface area contributed by atoms with E-state index in [-0.39, 0.29) is 48.3 Å². The van der Waals surface area contributed by atoms with Crippen LogP contribution < -0.4 is 18.9 Å². The molecule has 4 atom stereocenters. The highest BCUT2D eigenvalue weighted by Crippen LogP contribution is 2.42. The second-order valence-electron chi connectivity index (χ2n) is 17.9. The summed E-state index contributed by atoms with van der Waals surface area (Å²) in [5, 5.41) is 0. The van der Waals surface area contributed by atoms with E-state index in [4.69, 9.17) is 28.4 Å². The van der Waals surface area contributed by atoms with Crippen molar-refractivity contribution in [1.82, 2.24) is 0 Å². The number of likely N-dealkylation sites (N-methyl/N-ethyl adjacent to an activating group) is 2. The van der Waals surface area contributed by atoms with Gasteiger partial charge in [0.1, 0.15) is 24.7 Å². The van der Waals surface area contributed by atoms with E-state index in [1.165, 1.54) is 34.4 Å². The van der Waals surface area contributed by atoms with Crippen molar-refractivity contribution in [1.29, 1.82) is 0 Å². The van der Waals surface area contributed by atoms with Crippen LogP contribution in [0.25, 0.3) is 0 Å². The number of carbonyl (C=O) groups excluding carboxylic acids is 2. The maximum Gasteiger partial charge on any atom is 0.306 e. The minimum atomic E-state index is -0.246. The van der Waals surface area contributed by atoms with Crippen LogP contribution in [-0.2, 0) is 45.0 Å². The van der Waals surface area contributed by atoms with Gasteiger partial charge in [-0.05, 0) is 96.5 Å². The van der Waals surface area contributed by atoms with Crippen LogP contribution in [0.5, 0.6) is 23.0 Å². The Morgan fingerprint density at radius 3 is 1.36 bits per heavy atom. The zero-order valence-electron chi connectivity index (χ0n) is 38.5. The predicted octanol–water partition coefficient (Wildman–Crippen LogP) is 9.26. The zero-order chi connectivity index (χ0) is 45.7. The Kier molecular flexibility index (Phi) is 16.8. The summed E-state index contributed by atoms with van der Waals surface area (Å²) >= 11 is 0. The molecule has 2 aliphatic heterocycles. The van der Waals surface area contributed by atoms with Gasteiger partial charge in [0, 0.05) is 48.6 Å². The first-order valence-corrected chi connectivity index (χ1v) is 22.4.